The zero-order valence-corrected chi connectivity index (χ0v) is 10.7. The van der Waals surface area contributed by atoms with E-state index in [4.69, 9.17) is 16.3 Å². The Morgan fingerprint density at radius 3 is 3.00 bits per heavy atom. The van der Waals surface area contributed by atoms with E-state index in [0.29, 0.717) is 22.6 Å². The first-order valence-electron chi connectivity index (χ1n) is 5.46. The molecule has 19 heavy (non-hydrogen) atoms. The van der Waals surface area contributed by atoms with Crippen LogP contribution < -0.4 is 10.4 Å². The molecular weight excluding hydrogens is 268 g/mol. The Kier molecular flexibility index (Phi) is 2.72. The molecule has 0 amide bonds. The third-order valence-electron chi connectivity index (χ3n) is 2.74. The van der Waals surface area contributed by atoms with Crippen LogP contribution in [0.5, 0.6) is 5.75 Å². The Hall–Kier alpha value is -2.34. The van der Waals surface area contributed by atoms with Gasteiger partial charge in [0.1, 0.15) is 17.6 Å². The molecule has 0 aliphatic carbocycles. The highest BCUT2D eigenvalue weighted by Crippen LogP contribution is 2.22. The fourth-order valence-electron chi connectivity index (χ4n) is 1.90. The van der Waals surface area contributed by atoms with Gasteiger partial charge in [-0.3, -0.25) is 9.55 Å². The van der Waals surface area contributed by atoms with Crippen molar-refractivity contribution in [1.29, 1.82) is 0 Å². The van der Waals surface area contributed by atoms with Crippen molar-refractivity contribution in [2.75, 3.05) is 7.11 Å². The highest BCUT2D eigenvalue weighted by Gasteiger charge is 2.13. The molecule has 2 heterocycles. The first-order chi connectivity index (χ1) is 9.20. The minimum absolute atomic E-state index is 0.214. The monoisotopic (exact) mass is 276 g/mol. The van der Waals surface area contributed by atoms with Crippen molar-refractivity contribution in [2.45, 2.75) is 0 Å². The number of imidazole rings is 1. The van der Waals surface area contributed by atoms with E-state index >= 15 is 0 Å². The van der Waals surface area contributed by atoms with Crippen LogP contribution in [-0.2, 0) is 0 Å². The number of rotatable bonds is 2. The predicted molar refractivity (Wildman–Crippen MR) is 71.0 cm³/mol. The van der Waals surface area contributed by atoms with Crippen LogP contribution in [0.3, 0.4) is 0 Å². The van der Waals surface area contributed by atoms with Crippen molar-refractivity contribution in [2.24, 2.45) is 0 Å². The number of nitrogens with one attached hydrogen (secondary N) is 1. The van der Waals surface area contributed by atoms with Crippen LogP contribution >= 0.6 is 11.6 Å². The maximum Gasteiger partial charge on any atom is 0.332 e. The van der Waals surface area contributed by atoms with E-state index in [-0.39, 0.29) is 10.8 Å². The molecule has 3 rings (SSSR count). The number of aromatic amines is 1. The van der Waals surface area contributed by atoms with Gasteiger partial charge in [-0.05, 0) is 12.1 Å². The average Bonchev–Trinajstić information content (AvgIpc) is 2.76. The summed E-state index contributed by atoms with van der Waals surface area (Å²) in [6.45, 7) is 0. The molecule has 96 valence electrons. The van der Waals surface area contributed by atoms with E-state index in [9.17, 15) is 4.79 Å². The van der Waals surface area contributed by atoms with Crippen LogP contribution in [0, 0.1) is 0 Å². The molecule has 0 saturated carbocycles. The van der Waals surface area contributed by atoms with Gasteiger partial charge in [0.2, 0.25) is 0 Å². The van der Waals surface area contributed by atoms with Crippen molar-refractivity contribution in [3.05, 3.63) is 46.2 Å². The lowest BCUT2D eigenvalue weighted by Gasteiger charge is -2.05. The van der Waals surface area contributed by atoms with Gasteiger partial charge in [-0.2, -0.15) is 0 Å². The maximum atomic E-state index is 12.0. The van der Waals surface area contributed by atoms with Crippen molar-refractivity contribution in [3.8, 4) is 11.4 Å². The van der Waals surface area contributed by atoms with E-state index in [1.807, 2.05) is 0 Å². The number of fused-ring (bicyclic) bond motifs is 1. The summed E-state index contributed by atoms with van der Waals surface area (Å²) in [5, 5.41) is 0.214. The number of H-pyrrole nitrogens is 1. The lowest BCUT2D eigenvalue weighted by Crippen LogP contribution is -2.14. The molecule has 2 aromatic heterocycles. The van der Waals surface area contributed by atoms with Gasteiger partial charge >= 0.3 is 5.69 Å². The standard InChI is InChI=1S/C12H9ClN4O2/c1-19-8-4-2-3-7(5-8)17-9-10(13)14-6-15-11(9)16-12(17)18/h2-6H,1H3,(H,14,15,16,18). The van der Waals surface area contributed by atoms with Crippen LogP contribution in [0.2, 0.25) is 5.15 Å². The number of methoxy groups -OCH3 is 1. The van der Waals surface area contributed by atoms with Gasteiger partial charge < -0.3 is 4.74 Å². The van der Waals surface area contributed by atoms with Gasteiger partial charge in [0, 0.05) is 6.07 Å². The quantitative estimate of drug-likeness (QED) is 0.724. The first-order valence-corrected chi connectivity index (χ1v) is 5.84. The normalized spacial score (nSPS) is 10.8. The van der Waals surface area contributed by atoms with Gasteiger partial charge in [0.25, 0.3) is 0 Å². The molecular formula is C12H9ClN4O2. The first kappa shape index (κ1) is 11.7. The molecule has 0 fully saturated rings. The van der Waals surface area contributed by atoms with Gasteiger partial charge in [-0.15, -0.1) is 0 Å². The van der Waals surface area contributed by atoms with Crippen molar-refractivity contribution in [1.82, 2.24) is 19.5 Å². The molecule has 1 aromatic carbocycles. The van der Waals surface area contributed by atoms with E-state index in [1.165, 1.54) is 10.9 Å². The number of aromatic nitrogens is 4. The number of nitrogens with zero attached hydrogens (tertiary/aromatic N) is 3. The topological polar surface area (TPSA) is 72.8 Å². The summed E-state index contributed by atoms with van der Waals surface area (Å²) >= 11 is 6.04. The van der Waals surface area contributed by atoms with Crippen LogP contribution in [0.15, 0.2) is 35.4 Å². The molecule has 7 heteroatoms. The molecule has 0 radical (unpaired) electrons. The summed E-state index contributed by atoms with van der Waals surface area (Å²) in [5.74, 6) is 0.645. The van der Waals surface area contributed by atoms with E-state index in [0.717, 1.165) is 0 Å². The van der Waals surface area contributed by atoms with Gasteiger partial charge in [-0.25, -0.2) is 14.8 Å². The zero-order valence-electron chi connectivity index (χ0n) is 9.92. The van der Waals surface area contributed by atoms with Crippen molar-refractivity contribution in [3.63, 3.8) is 0 Å². The lowest BCUT2D eigenvalue weighted by atomic mass is 10.3. The van der Waals surface area contributed by atoms with E-state index < -0.39 is 0 Å². The number of ether oxygens (including phenoxy) is 1. The Bertz CT molecular complexity index is 809. The Balaban J connectivity index is 2.35. The summed E-state index contributed by atoms with van der Waals surface area (Å²) in [6, 6.07) is 7.09. The highest BCUT2D eigenvalue weighted by molar-refractivity contribution is 6.33. The summed E-state index contributed by atoms with van der Waals surface area (Å²) in [5.41, 5.74) is 1.15. The minimum Gasteiger partial charge on any atom is -0.497 e. The molecule has 1 N–H and O–H groups in total. The molecule has 0 atom stereocenters. The predicted octanol–water partition coefficient (Wildman–Crippen LogP) is 1.77. The molecule has 0 aliphatic rings. The molecule has 0 aliphatic heterocycles. The highest BCUT2D eigenvalue weighted by atomic mass is 35.5. The SMILES string of the molecule is COc1cccc(-n2c(=O)[nH]c3ncnc(Cl)c32)c1. The van der Waals surface area contributed by atoms with E-state index in [1.54, 1.807) is 31.4 Å². The van der Waals surface area contributed by atoms with Crippen LogP contribution in [0.25, 0.3) is 16.9 Å². The Labute approximate surface area is 112 Å². The minimum atomic E-state index is -0.328. The summed E-state index contributed by atoms with van der Waals surface area (Å²) in [4.78, 5) is 22.5. The van der Waals surface area contributed by atoms with Gasteiger partial charge in [0.05, 0.1) is 12.8 Å². The second kappa shape index (κ2) is 4.40. The molecule has 6 nitrogen and oxygen atoms in total. The largest absolute Gasteiger partial charge is 0.497 e. The summed E-state index contributed by atoms with van der Waals surface area (Å²) in [6.07, 6.45) is 1.30. The number of benzene rings is 1. The molecule has 0 unspecified atom stereocenters. The molecule has 0 spiro atoms. The van der Waals surface area contributed by atoms with Crippen molar-refractivity contribution >= 4 is 22.8 Å². The fourth-order valence-corrected chi connectivity index (χ4v) is 2.12. The van der Waals surface area contributed by atoms with Gasteiger partial charge in [0.15, 0.2) is 10.8 Å². The lowest BCUT2D eigenvalue weighted by molar-refractivity contribution is 0.414. The second-order valence-electron chi connectivity index (χ2n) is 3.83. The maximum absolute atomic E-state index is 12.0. The summed E-state index contributed by atoms with van der Waals surface area (Å²) < 4.78 is 6.56. The molecule has 0 bridgehead atoms. The summed E-state index contributed by atoms with van der Waals surface area (Å²) in [7, 11) is 1.56. The second-order valence-corrected chi connectivity index (χ2v) is 4.19. The average molecular weight is 277 g/mol. The Morgan fingerprint density at radius 1 is 1.37 bits per heavy atom. The third-order valence-corrected chi connectivity index (χ3v) is 3.02. The van der Waals surface area contributed by atoms with Crippen LogP contribution in [-0.4, -0.2) is 26.6 Å². The smallest absolute Gasteiger partial charge is 0.332 e. The fraction of sp³-hybridized carbons (Fsp3) is 0.0833. The number of halogens is 1. The van der Waals surface area contributed by atoms with Crippen molar-refractivity contribution < 1.29 is 4.74 Å². The Morgan fingerprint density at radius 2 is 2.21 bits per heavy atom. The van der Waals surface area contributed by atoms with Gasteiger partial charge in [-0.1, -0.05) is 17.7 Å². The molecule has 3 aromatic rings. The van der Waals surface area contributed by atoms with E-state index in [2.05, 4.69) is 15.0 Å². The van der Waals surface area contributed by atoms with Crippen LogP contribution in [0.1, 0.15) is 0 Å². The number of hydrogen-bond donors (Lipinski definition) is 1. The molecule has 0 saturated heterocycles. The number of hydrogen-bond acceptors (Lipinski definition) is 4. The zero-order chi connectivity index (χ0) is 13.4. The third kappa shape index (κ3) is 1.86. The van der Waals surface area contributed by atoms with Crippen LogP contribution in [0.4, 0.5) is 0 Å².